The zero-order valence-corrected chi connectivity index (χ0v) is 27.9. The summed E-state index contributed by atoms with van der Waals surface area (Å²) in [6.45, 7) is 20.3. The van der Waals surface area contributed by atoms with Gasteiger partial charge >= 0.3 is 0 Å². The topological polar surface area (TPSA) is 37.3 Å². The van der Waals surface area contributed by atoms with Crippen LogP contribution in [0.15, 0.2) is 117 Å². The van der Waals surface area contributed by atoms with Gasteiger partial charge in [0.1, 0.15) is 6.29 Å². The van der Waals surface area contributed by atoms with Crippen LogP contribution in [0.25, 0.3) is 0 Å². The molecule has 1 N–H and O–H groups in total. The van der Waals surface area contributed by atoms with Crippen molar-refractivity contribution < 1.29 is 9.90 Å². The summed E-state index contributed by atoms with van der Waals surface area (Å²) in [5.74, 6) is 0.583. The van der Waals surface area contributed by atoms with Gasteiger partial charge in [0.15, 0.2) is 0 Å². The van der Waals surface area contributed by atoms with Gasteiger partial charge in [0.25, 0.3) is 0 Å². The zero-order chi connectivity index (χ0) is 31.3. The van der Waals surface area contributed by atoms with E-state index in [1.165, 1.54) is 66.4 Å². The molecule has 0 aromatic carbocycles. The quantitative estimate of drug-likeness (QED) is 0.144. The van der Waals surface area contributed by atoms with Gasteiger partial charge in [0.05, 0.1) is 6.61 Å². The lowest BCUT2D eigenvalue weighted by molar-refractivity contribution is -0.104. The molecule has 0 bridgehead atoms. The van der Waals surface area contributed by atoms with Crippen molar-refractivity contribution in [3.05, 3.63) is 117 Å². The van der Waals surface area contributed by atoms with Gasteiger partial charge in [-0.15, -0.1) is 0 Å². The van der Waals surface area contributed by atoms with Crippen LogP contribution in [0.1, 0.15) is 101 Å². The molecule has 2 nitrogen and oxygen atoms in total. The third-order valence-corrected chi connectivity index (χ3v) is 9.18. The second kappa shape index (κ2) is 16.6. The van der Waals surface area contributed by atoms with Crippen LogP contribution in [0.3, 0.4) is 0 Å². The third kappa shape index (κ3) is 10.7. The Morgan fingerprint density at radius 1 is 0.810 bits per heavy atom. The highest BCUT2D eigenvalue weighted by Crippen LogP contribution is 2.51. The van der Waals surface area contributed by atoms with E-state index < -0.39 is 0 Å². The van der Waals surface area contributed by atoms with Gasteiger partial charge in [-0.05, 0) is 120 Å². The molecule has 2 aliphatic carbocycles. The third-order valence-electron chi connectivity index (χ3n) is 9.18. The minimum Gasteiger partial charge on any atom is -0.392 e. The molecule has 2 rings (SSSR count). The molecule has 0 saturated carbocycles. The van der Waals surface area contributed by atoms with E-state index in [2.05, 4.69) is 91.0 Å². The maximum absolute atomic E-state index is 10.7. The fourth-order valence-electron chi connectivity index (χ4n) is 6.50. The van der Waals surface area contributed by atoms with Crippen molar-refractivity contribution in [3.63, 3.8) is 0 Å². The lowest BCUT2D eigenvalue weighted by Gasteiger charge is -2.43. The van der Waals surface area contributed by atoms with Gasteiger partial charge in [-0.25, -0.2) is 0 Å². The predicted molar refractivity (Wildman–Crippen MR) is 183 cm³/mol. The first-order valence-corrected chi connectivity index (χ1v) is 15.7. The maximum atomic E-state index is 10.7. The number of aliphatic hydroxyl groups excluding tert-OH is 1. The molecule has 0 spiro atoms. The van der Waals surface area contributed by atoms with E-state index in [-0.39, 0.29) is 17.4 Å². The Morgan fingerprint density at radius 2 is 1.38 bits per heavy atom. The van der Waals surface area contributed by atoms with Crippen molar-refractivity contribution in [1.82, 2.24) is 0 Å². The van der Waals surface area contributed by atoms with E-state index in [0.29, 0.717) is 5.92 Å². The first kappa shape index (κ1) is 35.2. The number of carbonyl (C=O) groups is 1. The highest BCUT2D eigenvalue weighted by atomic mass is 16.2. The monoisotopic (exact) mass is 568 g/mol. The van der Waals surface area contributed by atoms with Crippen molar-refractivity contribution in [2.45, 2.75) is 101 Å². The van der Waals surface area contributed by atoms with Crippen LogP contribution in [0, 0.1) is 16.7 Å². The smallest absolute Gasteiger partial charge is 0.143 e. The molecule has 228 valence electrons. The highest BCUT2D eigenvalue weighted by molar-refractivity contribution is 5.67. The Morgan fingerprint density at radius 3 is 1.98 bits per heavy atom. The zero-order valence-electron chi connectivity index (χ0n) is 27.9. The minimum absolute atomic E-state index is 0.0743. The van der Waals surface area contributed by atoms with Gasteiger partial charge in [-0.3, -0.25) is 4.79 Å². The summed E-state index contributed by atoms with van der Waals surface area (Å²) in [5, 5.41) is 9.06. The van der Waals surface area contributed by atoms with Crippen molar-refractivity contribution in [2.24, 2.45) is 16.7 Å². The number of rotatable bonds is 12. The van der Waals surface area contributed by atoms with Crippen molar-refractivity contribution in [2.75, 3.05) is 6.61 Å². The van der Waals surface area contributed by atoms with E-state index in [0.717, 1.165) is 17.4 Å². The average Bonchev–Trinajstić information content (AvgIpc) is 2.90. The second-order valence-corrected chi connectivity index (χ2v) is 13.4. The van der Waals surface area contributed by atoms with Gasteiger partial charge in [-0.2, -0.15) is 0 Å². The van der Waals surface area contributed by atoms with E-state index in [9.17, 15) is 4.79 Å². The van der Waals surface area contributed by atoms with Crippen molar-refractivity contribution >= 4 is 6.29 Å². The molecule has 0 radical (unpaired) electrons. The average molecular weight is 569 g/mol. The Balaban J connectivity index is 2.31. The lowest BCUT2D eigenvalue weighted by Crippen LogP contribution is -2.31. The molecule has 0 aromatic rings. The molecule has 42 heavy (non-hydrogen) atoms. The van der Waals surface area contributed by atoms with E-state index in [4.69, 9.17) is 5.11 Å². The van der Waals surface area contributed by atoms with Crippen molar-refractivity contribution in [1.29, 1.82) is 0 Å². The number of hydrogen-bond donors (Lipinski definition) is 1. The molecule has 0 amide bonds. The largest absolute Gasteiger partial charge is 0.392 e. The van der Waals surface area contributed by atoms with Gasteiger partial charge in [-0.1, -0.05) is 115 Å². The fourth-order valence-corrected chi connectivity index (χ4v) is 6.50. The van der Waals surface area contributed by atoms with Crippen LogP contribution < -0.4 is 0 Å². The molecular formula is C40H56O2. The molecule has 2 aliphatic rings. The van der Waals surface area contributed by atoms with Crippen LogP contribution in [0.2, 0.25) is 0 Å². The molecular weight excluding hydrogens is 512 g/mol. The Labute approximate surface area is 257 Å². The normalized spacial score (nSPS) is 25.2. The summed E-state index contributed by atoms with van der Waals surface area (Å²) in [6, 6.07) is 0. The molecule has 0 aliphatic heterocycles. The maximum Gasteiger partial charge on any atom is 0.143 e. The summed E-state index contributed by atoms with van der Waals surface area (Å²) in [6.07, 6.45) is 33.2. The summed E-state index contributed by atoms with van der Waals surface area (Å²) >= 11 is 0. The van der Waals surface area contributed by atoms with Crippen LogP contribution >= 0.6 is 0 Å². The second-order valence-electron chi connectivity index (χ2n) is 13.4. The highest BCUT2D eigenvalue weighted by Gasteiger charge is 2.38. The van der Waals surface area contributed by atoms with Crippen LogP contribution in [-0.4, -0.2) is 18.0 Å². The van der Waals surface area contributed by atoms with Crippen molar-refractivity contribution in [3.8, 4) is 0 Å². The number of aliphatic hydroxyl groups is 1. The molecule has 2 atom stereocenters. The number of carbonyl (C=O) groups excluding carboxylic acids is 1. The predicted octanol–water partition coefficient (Wildman–Crippen LogP) is 10.8. The first-order valence-electron chi connectivity index (χ1n) is 15.7. The SMILES string of the molecule is CC1=C(/C=C/C(C)=C/C=C/C(C)=C/C=O)C(C)(CC2CCC(C)(C)C(/C=C/C(C)=C/C=C/C(C)=C/CO)=C2C)CCC1. The fraction of sp³-hybridized carbons (Fsp3) is 0.475. The summed E-state index contributed by atoms with van der Waals surface area (Å²) in [7, 11) is 0. The summed E-state index contributed by atoms with van der Waals surface area (Å²) in [4.78, 5) is 10.7. The van der Waals surface area contributed by atoms with Crippen LogP contribution in [0.4, 0.5) is 0 Å². The number of aldehydes is 1. The van der Waals surface area contributed by atoms with Gasteiger partial charge < -0.3 is 5.11 Å². The van der Waals surface area contributed by atoms with E-state index in [1.807, 2.05) is 38.2 Å². The van der Waals surface area contributed by atoms with Gasteiger partial charge in [0, 0.05) is 0 Å². The van der Waals surface area contributed by atoms with E-state index >= 15 is 0 Å². The van der Waals surface area contributed by atoms with Crippen LogP contribution in [0.5, 0.6) is 0 Å². The molecule has 2 unspecified atom stereocenters. The molecule has 0 aromatic heterocycles. The number of hydrogen-bond acceptors (Lipinski definition) is 2. The minimum atomic E-state index is 0.0743. The molecule has 0 saturated heterocycles. The molecule has 0 fully saturated rings. The standard InChI is InChI=1S/C40H56O2/c1-30(13-10-15-32(3)23-27-41)18-20-37-34(5)17-12-25-40(37,9)29-36-22-26-39(7,8)38(35(36)6)21-19-31(2)14-11-16-33(4)24-28-42/h10-11,13-16,18-21,23-24,27,36,42H,12,17,22,25-26,28-29H2,1-9H3/b15-10+,16-11+,20-18+,21-19+,30-13+,31-14+,32-23+,33-24+. The first-order chi connectivity index (χ1) is 19.8. The van der Waals surface area contributed by atoms with Crippen LogP contribution in [-0.2, 0) is 4.79 Å². The van der Waals surface area contributed by atoms with Gasteiger partial charge in [0.2, 0.25) is 0 Å². The Kier molecular flexibility index (Phi) is 13.9. The Hall–Kier alpha value is -2.97. The number of allylic oxidation sites excluding steroid dienone is 19. The molecule has 0 heterocycles. The molecule has 2 heteroatoms. The summed E-state index contributed by atoms with van der Waals surface area (Å²) < 4.78 is 0. The lowest BCUT2D eigenvalue weighted by atomic mass is 9.61. The van der Waals surface area contributed by atoms with E-state index in [1.54, 1.807) is 11.6 Å². The Bertz CT molecular complexity index is 1260. The summed E-state index contributed by atoms with van der Waals surface area (Å²) in [5.41, 5.74) is 10.9.